The van der Waals surface area contributed by atoms with Crippen molar-refractivity contribution in [1.82, 2.24) is 0 Å². The molecule has 208 valence electrons. The van der Waals surface area contributed by atoms with Gasteiger partial charge in [0.05, 0.1) is 28.2 Å². The number of Topliss-reactive ketones (excluding diaryl/α,β-unsaturated/α-hetero) is 2. The molecule has 0 radical (unpaired) electrons. The molecule has 0 aromatic heterocycles. The summed E-state index contributed by atoms with van der Waals surface area (Å²) in [6.07, 6.45) is 3.80. The number of ketones is 3. The third-order valence-electron chi connectivity index (χ3n) is 8.70. The first-order valence-electron chi connectivity index (χ1n) is 13.3. The van der Waals surface area contributed by atoms with Crippen LogP contribution in [0.5, 0.6) is 11.5 Å². The number of rotatable bonds is 4. The molecule has 1 fully saturated rings. The van der Waals surface area contributed by atoms with Crippen LogP contribution in [-0.4, -0.2) is 41.4 Å². The van der Waals surface area contributed by atoms with Crippen molar-refractivity contribution < 1.29 is 33.8 Å². The number of fused-ring (bicyclic) bond motifs is 3. The maximum Gasteiger partial charge on any atom is 0.238 e. The third-order valence-corrected chi connectivity index (χ3v) is 9.52. The number of allylic oxidation sites excluding steroid dienone is 6. The van der Waals surface area contributed by atoms with Gasteiger partial charge in [0, 0.05) is 28.2 Å². The van der Waals surface area contributed by atoms with Crippen molar-refractivity contribution in [2.24, 2.45) is 17.8 Å². The van der Waals surface area contributed by atoms with Gasteiger partial charge in [-0.15, -0.1) is 0 Å². The quantitative estimate of drug-likeness (QED) is 0.164. The average molecular weight is 663 g/mol. The van der Waals surface area contributed by atoms with Gasteiger partial charge < -0.3 is 9.84 Å². The normalized spacial score (nSPS) is 25.4. The Labute approximate surface area is 249 Å². The lowest BCUT2D eigenvalue weighted by Gasteiger charge is -2.42. The Balaban J connectivity index is 1.48. The first-order chi connectivity index (χ1) is 19.5. The number of phenols is 1. The molecule has 1 aliphatic heterocycles. The van der Waals surface area contributed by atoms with Crippen molar-refractivity contribution in [3.05, 3.63) is 85.5 Å². The lowest BCUT2D eigenvalue weighted by Crippen LogP contribution is -2.39. The van der Waals surface area contributed by atoms with Gasteiger partial charge >= 0.3 is 0 Å². The molecule has 1 heterocycles. The molecule has 0 saturated carbocycles. The molecule has 2 aromatic rings. The number of methoxy groups -OCH3 is 1. The summed E-state index contributed by atoms with van der Waals surface area (Å²) in [7, 11) is 1.44. The van der Waals surface area contributed by atoms with E-state index in [0.29, 0.717) is 43.5 Å². The Morgan fingerprint density at radius 1 is 1.05 bits per heavy atom. The van der Waals surface area contributed by atoms with Gasteiger partial charge in [-0.25, -0.2) is 0 Å². The number of phenolic OH excluding ortho intramolecular Hbond substituents is 1. The number of hydrogen-bond acceptors (Lipinski definition) is 7. The van der Waals surface area contributed by atoms with Crippen molar-refractivity contribution in [1.29, 1.82) is 0 Å². The zero-order chi connectivity index (χ0) is 29.3. The highest BCUT2D eigenvalue weighted by Gasteiger charge is 2.56. The summed E-state index contributed by atoms with van der Waals surface area (Å²) in [6, 6.07) is 9.82. The standard InChI is InChI=1S/C32H26INO7/c1-14-10-24(36)28-22(29(14)37)13-21-19(26(28)17-11-23(33)30(38)25(12-17)41-3)8-9-20-27(21)32(40)34(31(20)39)18-6-4-16(5-7-18)15(2)35/h4-8,10-12,20-21,26-27,38H,9,13H2,1-3H3. The monoisotopic (exact) mass is 663 g/mol. The van der Waals surface area contributed by atoms with E-state index in [0.717, 1.165) is 5.57 Å². The Bertz CT molecular complexity index is 1680. The molecule has 9 heteroatoms. The molecule has 6 rings (SSSR count). The number of carbonyl (C=O) groups is 5. The number of carbonyl (C=O) groups excluding carboxylic acids is 5. The lowest BCUT2D eigenvalue weighted by molar-refractivity contribution is -0.123. The van der Waals surface area contributed by atoms with Crippen LogP contribution in [0.15, 0.2) is 70.8 Å². The Morgan fingerprint density at radius 2 is 1.76 bits per heavy atom. The zero-order valence-corrected chi connectivity index (χ0v) is 24.7. The fourth-order valence-corrected chi connectivity index (χ4v) is 7.40. The van der Waals surface area contributed by atoms with Gasteiger partial charge in [-0.2, -0.15) is 0 Å². The topological polar surface area (TPSA) is 118 Å². The highest BCUT2D eigenvalue weighted by Crippen LogP contribution is 2.56. The van der Waals surface area contributed by atoms with Crippen LogP contribution >= 0.6 is 22.6 Å². The number of amides is 2. The van der Waals surface area contributed by atoms with E-state index in [9.17, 15) is 29.1 Å². The summed E-state index contributed by atoms with van der Waals surface area (Å²) in [6.45, 7) is 3.06. The van der Waals surface area contributed by atoms with E-state index >= 15 is 0 Å². The Kier molecular flexibility index (Phi) is 6.60. The third kappa shape index (κ3) is 4.12. The summed E-state index contributed by atoms with van der Waals surface area (Å²) in [5.74, 6) is -3.50. The van der Waals surface area contributed by atoms with Crippen LogP contribution in [0.3, 0.4) is 0 Å². The molecule has 8 nitrogen and oxygen atoms in total. The molecule has 2 aromatic carbocycles. The van der Waals surface area contributed by atoms with E-state index in [1.165, 1.54) is 25.0 Å². The molecular weight excluding hydrogens is 637 g/mol. The summed E-state index contributed by atoms with van der Waals surface area (Å²) < 4.78 is 5.92. The minimum absolute atomic E-state index is 0.0270. The van der Waals surface area contributed by atoms with Crippen LogP contribution in [0, 0.1) is 21.3 Å². The highest BCUT2D eigenvalue weighted by atomic mass is 127. The molecule has 41 heavy (non-hydrogen) atoms. The first kappa shape index (κ1) is 27.3. The Hall–Kier alpha value is -3.86. The number of ether oxygens (including phenoxy) is 1. The number of nitrogens with zero attached hydrogens (tertiary/aromatic N) is 1. The second kappa shape index (κ2) is 9.90. The van der Waals surface area contributed by atoms with Gasteiger partial charge in [-0.3, -0.25) is 28.9 Å². The summed E-state index contributed by atoms with van der Waals surface area (Å²) >= 11 is 1.99. The second-order valence-corrected chi connectivity index (χ2v) is 12.1. The van der Waals surface area contributed by atoms with E-state index in [-0.39, 0.29) is 47.1 Å². The maximum atomic E-state index is 14.0. The largest absolute Gasteiger partial charge is 0.504 e. The minimum Gasteiger partial charge on any atom is -0.504 e. The van der Waals surface area contributed by atoms with Gasteiger partial charge in [-0.05, 0) is 103 Å². The van der Waals surface area contributed by atoms with Crippen molar-refractivity contribution in [3.63, 3.8) is 0 Å². The molecule has 4 unspecified atom stereocenters. The summed E-state index contributed by atoms with van der Waals surface area (Å²) in [4.78, 5) is 67.5. The van der Waals surface area contributed by atoms with Crippen LogP contribution < -0.4 is 9.64 Å². The molecular formula is C32H26INO7. The van der Waals surface area contributed by atoms with Crippen LogP contribution in [0.1, 0.15) is 48.5 Å². The van der Waals surface area contributed by atoms with Crippen molar-refractivity contribution >= 4 is 57.4 Å². The van der Waals surface area contributed by atoms with E-state index in [1.807, 2.05) is 28.7 Å². The summed E-state index contributed by atoms with van der Waals surface area (Å²) in [5.41, 5.74) is 3.44. The average Bonchev–Trinajstić information content (AvgIpc) is 3.21. The highest BCUT2D eigenvalue weighted by molar-refractivity contribution is 14.1. The molecule has 4 aliphatic rings. The van der Waals surface area contributed by atoms with Gasteiger partial charge in [0.2, 0.25) is 11.8 Å². The lowest BCUT2D eigenvalue weighted by atomic mass is 9.59. The van der Waals surface area contributed by atoms with E-state index in [4.69, 9.17) is 4.74 Å². The van der Waals surface area contributed by atoms with Gasteiger partial charge in [-0.1, -0.05) is 11.6 Å². The fraction of sp³-hybridized carbons (Fsp3) is 0.281. The molecule has 3 aliphatic carbocycles. The van der Waals surface area contributed by atoms with Crippen LogP contribution in [0.25, 0.3) is 0 Å². The van der Waals surface area contributed by atoms with Crippen LogP contribution in [0.2, 0.25) is 0 Å². The van der Waals surface area contributed by atoms with Gasteiger partial charge in [0.1, 0.15) is 0 Å². The minimum atomic E-state index is -0.710. The van der Waals surface area contributed by atoms with Crippen LogP contribution in [0.4, 0.5) is 5.69 Å². The van der Waals surface area contributed by atoms with E-state index < -0.39 is 23.7 Å². The van der Waals surface area contributed by atoms with E-state index in [1.54, 1.807) is 43.3 Å². The molecule has 1 saturated heterocycles. The number of aromatic hydroxyl groups is 1. The van der Waals surface area contributed by atoms with Crippen molar-refractivity contribution in [2.45, 2.75) is 32.6 Å². The number of halogens is 1. The molecule has 2 amide bonds. The molecule has 1 N–H and O–H groups in total. The van der Waals surface area contributed by atoms with Gasteiger partial charge in [0.25, 0.3) is 0 Å². The fourth-order valence-electron chi connectivity index (χ4n) is 6.78. The van der Waals surface area contributed by atoms with Crippen molar-refractivity contribution in [2.75, 3.05) is 12.0 Å². The SMILES string of the molecule is COc1cc(C2C3=CCC4C(=O)N(c5ccc(C(C)=O)cc5)C(=O)C4C3CC3=C2C(=O)C=C(C)C3=O)cc(I)c1O. The smallest absolute Gasteiger partial charge is 0.238 e. The second-order valence-electron chi connectivity index (χ2n) is 10.9. The molecule has 4 atom stereocenters. The predicted molar refractivity (Wildman–Crippen MR) is 158 cm³/mol. The van der Waals surface area contributed by atoms with Gasteiger partial charge in [0.15, 0.2) is 28.8 Å². The first-order valence-corrected chi connectivity index (χ1v) is 14.4. The summed E-state index contributed by atoms with van der Waals surface area (Å²) in [5, 5.41) is 10.5. The number of anilines is 1. The Morgan fingerprint density at radius 3 is 2.41 bits per heavy atom. The zero-order valence-electron chi connectivity index (χ0n) is 22.6. The number of hydrogen-bond donors (Lipinski definition) is 1. The number of imide groups is 1. The van der Waals surface area contributed by atoms with E-state index in [2.05, 4.69) is 0 Å². The number of benzene rings is 2. The molecule has 0 bridgehead atoms. The van der Waals surface area contributed by atoms with Crippen LogP contribution in [-0.2, 0) is 19.2 Å². The predicted octanol–water partition coefficient (Wildman–Crippen LogP) is 4.84. The molecule has 0 spiro atoms. The van der Waals surface area contributed by atoms with Crippen molar-refractivity contribution in [3.8, 4) is 11.5 Å². The maximum absolute atomic E-state index is 14.0.